The summed E-state index contributed by atoms with van der Waals surface area (Å²) in [5.41, 5.74) is 2.48. The average Bonchev–Trinajstić information content (AvgIpc) is 2.56. The Labute approximate surface area is 136 Å². The van der Waals surface area contributed by atoms with Crippen molar-refractivity contribution >= 4 is 17.6 Å². The number of halogens is 1. The first-order chi connectivity index (χ1) is 10.8. The van der Waals surface area contributed by atoms with E-state index in [-0.39, 0.29) is 11.8 Å². The van der Waals surface area contributed by atoms with Crippen LogP contribution in [0.5, 0.6) is 0 Å². The number of rotatable bonds is 8. The van der Waals surface area contributed by atoms with Crippen LogP contribution in [0, 0.1) is 0 Å². The predicted molar refractivity (Wildman–Crippen MR) is 88.7 cm³/mol. The molecule has 0 aliphatic rings. The third-order valence-electron chi connectivity index (χ3n) is 3.28. The summed E-state index contributed by atoms with van der Waals surface area (Å²) in [5, 5.41) is 0. The fraction of sp³-hybridized carbons (Fsp3) is 0.278. The monoisotopic (exact) mass is 317 g/mol. The molecule has 0 amide bonds. The fourth-order valence-corrected chi connectivity index (χ4v) is 2.30. The van der Waals surface area contributed by atoms with Crippen molar-refractivity contribution in [1.82, 2.24) is 4.90 Å². The number of carbonyl (C=O) groups excluding carboxylic acids is 1. The van der Waals surface area contributed by atoms with Crippen LogP contribution in [0.15, 0.2) is 60.7 Å². The molecule has 0 bridgehead atoms. The second-order valence-corrected chi connectivity index (χ2v) is 5.30. The summed E-state index contributed by atoms with van der Waals surface area (Å²) in [7, 11) is 0. The molecule has 0 saturated carbocycles. The van der Waals surface area contributed by atoms with Crippen molar-refractivity contribution in [3.8, 4) is 0 Å². The van der Waals surface area contributed by atoms with E-state index in [1.807, 2.05) is 36.4 Å². The molecule has 0 aromatic heterocycles. The van der Waals surface area contributed by atoms with Crippen molar-refractivity contribution in [2.45, 2.75) is 13.1 Å². The van der Waals surface area contributed by atoms with Gasteiger partial charge in [-0.05, 0) is 11.1 Å². The molecule has 116 valence electrons. The van der Waals surface area contributed by atoms with Crippen LogP contribution in [-0.2, 0) is 22.6 Å². The Morgan fingerprint density at radius 1 is 0.909 bits per heavy atom. The zero-order valence-corrected chi connectivity index (χ0v) is 13.2. The highest BCUT2D eigenvalue weighted by molar-refractivity contribution is 6.26. The van der Waals surface area contributed by atoms with Crippen molar-refractivity contribution in [2.24, 2.45) is 0 Å². The van der Waals surface area contributed by atoms with Gasteiger partial charge in [-0.15, -0.1) is 11.6 Å². The molecule has 0 N–H and O–H groups in total. The number of hydrogen-bond acceptors (Lipinski definition) is 3. The lowest BCUT2D eigenvalue weighted by atomic mass is 10.1. The Bertz CT molecular complexity index is 518. The second-order valence-electron chi connectivity index (χ2n) is 5.04. The van der Waals surface area contributed by atoms with Crippen LogP contribution in [0.3, 0.4) is 0 Å². The summed E-state index contributed by atoms with van der Waals surface area (Å²) < 4.78 is 5.08. The quantitative estimate of drug-likeness (QED) is 0.551. The molecule has 0 heterocycles. The molecular weight excluding hydrogens is 298 g/mol. The minimum atomic E-state index is -0.374. The van der Waals surface area contributed by atoms with Crippen LogP contribution < -0.4 is 0 Å². The number of hydrogen-bond donors (Lipinski definition) is 0. The maximum absolute atomic E-state index is 11.1. The van der Waals surface area contributed by atoms with Crippen molar-refractivity contribution in [3.63, 3.8) is 0 Å². The van der Waals surface area contributed by atoms with E-state index in [0.29, 0.717) is 13.2 Å². The molecule has 2 rings (SSSR count). The molecule has 0 unspecified atom stereocenters. The van der Waals surface area contributed by atoms with Crippen molar-refractivity contribution < 1.29 is 9.53 Å². The molecule has 0 aliphatic heterocycles. The van der Waals surface area contributed by atoms with Gasteiger partial charge in [0.05, 0.1) is 0 Å². The molecule has 0 aliphatic carbocycles. The zero-order valence-electron chi connectivity index (χ0n) is 12.5. The molecule has 0 spiro atoms. The summed E-state index contributed by atoms with van der Waals surface area (Å²) >= 11 is 5.44. The number of esters is 1. The first-order valence-corrected chi connectivity index (χ1v) is 7.83. The molecule has 4 heteroatoms. The maximum Gasteiger partial charge on any atom is 0.320 e. The lowest BCUT2D eigenvalue weighted by Gasteiger charge is -2.22. The predicted octanol–water partition coefficient (Wildman–Crippen LogP) is 3.47. The summed E-state index contributed by atoms with van der Waals surface area (Å²) in [6, 6.07) is 20.5. The van der Waals surface area contributed by atoms with Crippen LogP contribution in [-0.4, -0.2) is 29.9 Å². The van der Waals surface area contributed by atoms with Gasteiger partial charge in [-0.3, -0.25) is 9.69 Å². The van der Waals surface area contributed by atoms with E-state index in [0.717, 1.165) is 13.1 Å². The van der Waals surface area contributed by atoms with Gasteiger partial charge in [0, 0.05) is 19.6 Å². The summed E-state index contributed by atoms with van der Waals surface area (Å²) in [6.45, 7) is 2.65. The van der Waals surface area contributed by atoms with Crippen LogP contribution in [0.4, 0.5) is 0 Å². The van der Waals surface area contributed by atoms with Gasteiger partial charge >= 0.3 is 5.97 Å². The number of nitrogens with zero attached hydrogens (tertiary/aromatic N) is 1. The van der Waals surface area contributed by atoms with Crippen molar-refractivity contribution in [1.29, 1.82) is 0 Å². The van der Waals surface area contributed by atoms with Crippen LogP contribution in [0.1, 0.15) is 11.1 Å². The molecule has 0 atom stereocenters. The Hall–Kier alpha value is -1.84. The van der Waals surface area contributed by atoms with Gasteiger partial charge < -0.3 is 4.74 Å². The first kappa shape index (κ1) is 16.5. The van der Waals surface area contributed by atoms with Gasteiger partial charge in [-0.2, -0.15) is 0 Å². The van der Waals surface area contributed by atoms with Gasteiger partial charge in [0.25, 0.3) is 0 Å². The highest BCUT2D eigenvalue weighted by Gasteiger charge is 2.08. The third kappa shape index (κ3) is 5.88. The van der Waals surface area contributed by atoms with Gasteiger partial charge in [0.15, 0.2) is 0 Å². The number of carbonyl (C=O) groups is 1. The lowest BCUT2D eigenvalue weighted by molar-refractivity contribution is -0.141. The summed E-state index contributed by atoms with van der Waals surface area (Å²) in [6.07, 6.45) is 0. The largest absolute Gasteiger partial charge is 0.463 e. The molecule has 0 radical (unpaired) electrons. The standard InChI is InChI=1S/C18H20ClNO2/c19-13-18(21)22-12-11-20(14-16-7-3-1-4-8-16)15-17-9-5-2-6-10-17/h1-10H,11-15H2. The Morgan fingerprint density at radius 3 is 1.86 bits per heavy atom. The molecule has 2 aromatic carbocycles. The molecular formula is C18H20ClNO2. The minimum absolute atomic E-state index is 0.0998. The molecule has 3 nitrogen and oxygen atoms in total. The highest BCUT2D eigenvalue weighted by Crippen LogP contribution is 2.09. The lowest BCUT2D eigenvalue weighted by Crippen LogP contribution is -2.28. The molecule has 0 saturated heterocycles. The van der Waals surface area contributed by atoms with Crippen molar-refractivity contribution in [2.75, 3.05) is 19.0 Å². The topological polar surface area (TPSA) is 29.5 Å². The van der Waals surface area contributed by atoms with Crippen molar-refractivity contribution in [3.05, 3.63) is 71.8 Å². The van der Waals surface area contributed by atoms with Gasteiger partial charge in [-0.1, -0.05) is 60.7 Å². The highest BCUT2D eigenvalue weighted by atomic mass is 35.5. The van der Waals surface area contributed by atoms with Crippen LogP contribution in [0.2, 0.25) is 0 Å². The number of ether oxygens (including phenoxy) is 1. The third-order valence-corrected chi connectivity index (χ3v) is 3.50. The Balaban J connectivity index is 1.95. The Kier molecular flexibility index (Phi) is 6.94. The second kappa shape index (κ2) is 9.23. The van der Waals surface area contributed by atoms with Gasteiger partial charge in [0.2, 0.25) is 0 Å². The van der Waals surface area contributed by atoms with E-state index in [1.54, 1.807) is 0 Å². The van der Waals surface area contributed by atoms with E-state index in [9.17, 15) is 4.79 Å². The Morgan fingerprint density at radius 2 is 1.41 bits per heavy atom. The maximum atomic E-state index is 11.1. The van der Waals surface area contributed by atoms with Gasteiger partial charge in [-0.25, -0.2) is 0 Å². The minimum Gasteiger partial charge on any atom is -0.463 e. The summed E-state index contributed by atoms with van der Waals surface area (Å²) in [5.74, 6) is -0.474. The fourth-order valence-electron chi connectivity index (χ4n) is 2.22. The van der Waals surface area contributed by atoms with Crippen LogP contribution in [0.25, 0.3) is 0 Å². The van der Waals surface area contributed by atoms with E-state index >= 15 is 0 Å². The molecule has 22 heavy (non-hydrogen) atoms. The zero-order chi connectivity index (χ0) is 15.6. The molecule has 0 fully saturated rings. The van der Waals surface area contributed by atoms with E-state index in [2.05, 4.69) is 29.2 Å². The van der Waals surface area contributed by atoms with E-state index < -0.39 is 0 Å². The smallest absolute Gasteiger partial charge is 0.320 e. The normalized spacial score (nSPS) is 10.6. The number of benzene rings is 2. The molecule has 2 aromatic rings. The van der Waals surface area contributed by atoms with Crippen LogP contribution >= 0.6 is 11.6 Å². The number of alkyl halides is 1. The SMILES string of the molecule is O=C(CCl)OCCN(Cc1ccccc1)Cc1ccccc1. The van der Waals surface area contributed by atoms with E-state index in [1.165, 1.54) is 11.1 Å². The van der Waals surface area contributed by atoms with E-state index in [4.69, 9.17) is 16.3 Å². The summed E-state index contributed by atoms with van der Waals surface area (Å²) in [4.78, 5) is 13.4. The van der Waals surface area contributed by atoms with Gasteiger partial charge in [0.1, 0.15) is 12.5 Å². The first-order valence-electron chi connectivity index (χ1n) is 7.29. The average molecular weight is 318 g/mol.